The van der Waals surface area contributed by atoms with Crippen molar-refractivity contribution in [3.8, 4) is 0 Å². The van der Waals surface area contributed by atoms with Crippen LogP contribution in [0.4, 0.5) is 22.9 Å². The first-order valence-corrected chi connectivity index (χ1v) is 8.47. The van der Waals surface area contributed by atoms with Crippen molar-refractivity contribution in [2.45, 2.75) is 6.92 Å². The highest BCUT2D eigenvalue weighted by Gasteiger charge is 2.14. The Morgan fingerprint density at radius 1 is 0.926 bits per heavy atom. The molecular weight excluding hydrogens is 340 g/mol. The lowest BCUT2D eigenvalue weighted by Crippen LogP contribution is -2.26. The van der Waals surface area contributed by atoms with Crippen LogP contribution in [0.3, 0.4) is 0 Å². The van der Waals surface area contributed by atoms with Crippen molar-refractivity contribution in [2.24, 2.45) is 0 Å². The minimum atomic E-state index is -0.119. The van der Waals surface area contributed by atoms with E-state index in [2.05, 4.69) is 15.6 Å². The molecule has 6 nitrogen and oxygen atoms in total. The molecule has 0 saturated carbocycles. The minimum absolute atomic E-state index is 0.118. The summed E-state index contributed by atoms with van der Waals surface area (Å²) in [7, 11) is 1.74. The average Bonchev–Trinajstić information content (AvgIpc) is 2.69. The fraction of sp³-hybridized carbons (Fsp3) is 0.0952. The van der Waals surface area contributed by atoms with Gasteiger partial charge in [0, 0.05) is 42.8 Å². The summed E-state index contributed by atoms with van der Waals surface area (Å²) in [5.74, 6) is 0.327. The van der Waals surface area contributed by atoms with Crippen molar-refractivity contribution in [2.75, 3.05) is 22.6 Å². The summed E-state index contributed by atoms with van der Waals surface area (Å²) < 4.78 is 0. The summed E-state index contributed by atoms with van der Waals surface area (Å²) in [4.78, 5) is 29.7. The van der Waals surface area contributed by atoms with E-state index in [4.69, 9.17) is 0 Å². The van der Waals surface area contributed by atoms with Gasteiger partial charge in [0.1, 0.15) is 5.82 Å². The number of aromatic nitrogens is 1. The van der Waals surface area contributed by atoms with Gasteiger partial charge in [-0.1, -0.05) is 18.2 Å². The summed E-state index contributed by atoms with van der Waals surface area (Å²) in [6.07, 6.45) is 1.60. The molecule has 0 radical (unpaired) electrons. The lowest BCUT2D eigenvalue weighted by Gasteiger charge is -2.17. The van der Waals surface area contributed by atoms with E-state index in [0.29, 0.717) is 11.4 Å². The monoisotopic (exact) mass is 360 g/mol. The Labute approximate surface area is 157 Å². The van der Waals surface area contributed by atoms with Crippen LogP contribution in [0.25, 0.3) is 0 Å². The van der Waals surface area contributed by atoms with Crippen molar-refractivity contribution in [3.05, 3.63) is 78.5 Å². The van der Waals surface area contributed by atoms with Crippen LogP contribution in [0, 0.1) is 0 Å². The Kier molecular flexibility index (Phi) is 5.47. The van der Waals surface area contributed by atoms with Gasteiger partial charge in [0.15, 0.2) is 0 Å². The van der Waals surface area contributed by atoms with Crippen LogP contribution in [-0.2, 0) is 4.79 Å². The molecule has 3 aromatic rings. The second-order valence-corrected chi connectivity index (χ2v) is 6.01. The number of carbonyl (C=O) groups excluding carboxylic acids is 2. The van der Waals surface area contributed by atoms with Gasteiger partial charge in [-0.2, -0.15) is 0 Å². The normalized spacial score (nSPS) is 10.1. The van der Waals surface area contributed by atoms with Crippen LogP contribution in [-0.4, -0.2) is 23.8 Å². The van der Waals surface area contributed by atoms with Gasteiger partial charge in [0.05, 0.1) is 0 Å². The van der Waals surface area contributed by atoms with E-state index >= 15 is 0 Å². The molecule has 0 saturated heterocycles. The van der Waals surface area contributed by atoms with Gasteiger partial charge in [0.2, 0.25) is 5.91 Å². The summed E-state index contributed by atoms with van der Waals surface area (Å²) >= 11 is 0. The number of hydrogen-bond acceptors (Lipinski definition) is 4. The Morgan fingerprint density at radius 3 is 2.26 bits per heavy atom. The second kappa shape index (κ2) is 8.14. The SMILES string of the molecule is CC(=O)Nc1ccc(Nc2cc(C(=O)N(C)c3ccccc3)ccn2)cc1. The van der Waals surface area contributed by atoms with Gasteiger partial charge in [-0.3, -0.25) is 9.59 Å². The first kappa shape index (κ1) is 18.1. The molecule has 3 rings (SSSR count). The summed E-state index contributed by atoms with van der Waals surface area (Å²) in [6, 6.07) is 20.1. The molecule has 2 N–H and O–H groups in total. The van der Waals surface area contributed by atoms with E-state index in [1.807, 2.05) is 42.5 Å². The zero-order valence-electron chi connectivity index (χ0n) is 15.1. The number of para-hydroxylation sites is 1. The lowest BCUT2D eigenvalue weighted by atomic mass is 10.2. The van der Waals surface area contributed by atoms with Gasteiger partial charge < -0.3 is 15.5 Å². The van der Waals surface area contributed by atoms with Crippen molar-refractivity contribution in [1.82, 2.24) is 4.98 Å². The van der Waals surface area contributed by atoms with Crippen molar-refractivity contribution in [1.29, 1.82) is 0 Å². The van der Waals surface area contributed by atoms with Gasteiger partial charge >= 0.3 is 0 Å². The average molecular weight is 360 g/mol. The largest absolute Gasteiger partial charge is 0.340 e. The van der Waals surface area contributed by atoms with E-state index in [1.165, 1.54) is 6.92 Å². The van der Waals surface area contributed by atoms with Crippen LogP contribution in [0.5, 0.6) is 0 Å². The van der Waals surface area contributed by atoms with Crippen LogP contribution >= 0.6 is 0 Å². The number of hydrogen-bond donors (Lipinski definition) is 2. The zero-order valence-corrected chi connectivity index (χ0v) is 15.1. The number of nitrogens with one attached hydrogen (secondary N) is 2. The second-order valence-electron chi connectivity index (χ2n) is 6.01. The molecule has 6 heteroatoms. The maximum absolute atomic E-state index is 12.7. The van der Waals surface area contributed by atoms with Gasteiger partial charge in [0.25, 0.3) is 5.91 Å². The Hall–Kier alpha value is -3.67. The number of rotatable bonds is 5. The van der Waals surface area contributed by atoms with Crippen LogP contribution in [0.15, 0.2) is 72.9 Å². The number of carbonyl (C=O) groups is 2. The quantitative estimate of drug-likeness (QED) is 0.719. The summed E-state index contributed by atoms with van der Waals surface area (Å²) in [5, 5.41) is 5.88. The maximum Gasteiger partial charge on any atom is 0.258 e. The molecule has 2 aromatic carbocycles. The third-order valence-electron chi connectivity index (χ3n) is 3.93. The molecule has 0 aliphatic rings. The highest BCUT2D eigenvalue weighted by Crippen LogP contribution is 2.20. The Balaban J connectivity index is 1.73. The molecule has 136 valence electrons. The van der Waals surface area contributed by atoms with Crippen LogP contribution in [0.1, 0.15) is 17.3 Å². The smallest absolute Gasteiger partial charge is 0.258 e. The third-order valence-corrected chi connectivity index (χ3v) is 3.93. The molecule has 0 fully saturated rings. The highest BCUT2D eigenvalue weighted by atomic mass is 16.2. The standard InChI is InChI=1S/C21H20N4O2/c1-15(26)23-17-8-10-18(11-9-17)24-20-14-16(12-13-22-20)21(27)25(2)19-6-4-3-5-7-19/h3-14H,1-2H3,(H,22,24)(H,23,26). The van der Waals surface area contributed by atoms with E-state index in [0.717, 1.165) is 17.1 Å². The highest BCUT2D eigenvalue weighted by molar-refractivity contribution is 6.06. The van der Waals surface area contributed by atoms with Crippen LogP contribution < -0.4 is 15.5 Å². The van der Waals surface area contributed by atoms with E-state index in [9.17, 15) is 9.59 Å². The van der Waals surface area contributed by atoms with E-state index < -0.39 is 0 Å². The number of amides is 2. The fourth-order valence-electron chi connectivity index (χ4n) is 2.58. The molecule has 0 atom stereocenters. The zero-order chi connectivity index (χ0) is 19.2. The third kappa shape index (κ3) is 4.70. The maximum atomic E-state index is 12.7. The van der Waals surface area contributed by atoms with Crippen molar-refractivity contribution in [3.63, 3.8) is 0 Å². The van der Waals surface area contributed by atoms with Gasteiger partial charge in [-0.25, -0.2) is 4.98 Å². The van der Waals surface area contributed by atoms with Crippen molar-refractivity contribution < 1.29 is 9.59 Å². The summed E-state index contributed by atoms with van der Waals surface area (Å²) in [5.41, 5.74) is 2.88. The fourth-order valence-corrected chi connectivity index (χ4v) is 2.58. The van der Waals surface area contributed by atoms with Gasteiger partial charge in [-0.05, 0) is 48.5 Å². The molecule has 27 heavy (non-hydrogen) atoms. The Morgan fingerprint density at radius 2 is 1.59 bits per heavy atom. The molecular formula is C21H20N4O2. The lowest BCUT2D eigenvalue weighted by molar-refractivity contribution is -0.114. The number of anilines is 4. The molecule has 0 spiro atoms. The molecule has 2 amide bonds. The van der Waals surface area contributed by atoms with E-state index in [1.54, 1.807) is 42.4 Å². The predicted molar refractivity (Wildman–Crippen MR) is 107 cm³/mol. The number of nitrogens with zero attached hydrogens (tertiary/aromatic N) is 2. The minimum Gasteiger partial charge on any atom is -0.340 e. The molecule has 0 unspecified atom stereocenters. The number of benzene rings is 2. The first-order valence-electron chi connectivity index (χ1n) is 8.47. The Bertz CT molecular complexity index is 940. The topological polar surface area (TPSA) is 74.3 Å². The molecule has 1 aromatic heterocycles. The predicted octanol–water partition coefficient (Wildman–Crippen LogP) is 4.06. The molecule has 0 aliphatic carbocycles. The number of pyridine rings is 1. The van der Waals surface area contributed by atoms with Crippen LogP contribution in [0.2, 0.25) is 0 Å². The van der Waals surface area contributed by atoms with Crippen molar-refractivity contribution >= 4 is 34.7 Å². The first-order chi connectivity index (χ1) is 13.0. The summed E-state index contributed by atoms with van der Waals surface area (Å²) in [6.45, 7) is 1.46. The van der Waals surface area contributed by atoms with E-state index in [-0.39, 0.29) is 11.8 Å². The van der Waals surface area contributed by atoms with Gasteiger partial charge in [-0.15, -0.1) is 0 Å². The molecule has 0 aliphatic heterocycles. The molecule has 1 heterocycles. The molecule has 0 bridgehead atoms.